The van der Waals surface area contributed by atoms with Gasteiger partial charge in [0, 0.05) is 37.8 Å². The quantitative estimate of drug-likeness (QED) is 0.597. The van der Waals surface area contributed by atoms with Crippen LogP contribution in [0.4, 0.5) is 15.8 Å². The maximum atomic E-state index is 14.0. The highest BCUT2D eigenvalue weighted by atomic mass is 32.2. The van der Waals surface area contributed by atoms with Crippen molar-refractivity contribution in [1.82, 2.24) is 4.31 Å². The number of rotatable bonds is 9. The standard InChI is InChI=1S/C24H32FN3O3S/c1-3-15-28(16-4-2)32(30,31)21-11-9-20(10-12-21)26-24(29)19-13-17-27(18-14-19)23-8-6-5-7-22(23)25/h5-12,19H,3-4,13-18H2,1-2H3,(H,26,29). The number of nitrogens with zero attached hydrogens (tertiary/aromatic N) is 2. The van der Waals surface area contributed by atoms with Crippen LogP contribution in [0.3, 0.4) is 0 Å². The molecule has 2 aromatic rings. The summed E-state index contributed by atoms with van der Waals surface area (Å²) in [5.74, 6) is -0.500. The topological polar surface area (TPSA) is 69.7 Å². The van der Waals surface area contributed by atoms with Crippen molar-refractivity contribution in [3.63, 3.8) is 0 Å². The van der Waals surface area contributed by atoms with Gasteiger partial charge in [0.05, 0.1) is 10.6 Å². The highest BCUT2D eigenvalue weighted by molar-refractivity contribution is 7.89. The van der Waals surface area contributed by atoms with E-state index in [0.717, 1.165) is 12.8 Å². The first-order chi connectivity index (χ1) is 15.4. The molecular weight excluding hydrogens is 429 g/mol. The summed E-state index contributed by atoms with van der Waals surface area (Å²) in [6, 6.07) is 13.0. The van der Waals surface area contributed by atoms with Gasteiger partial charge in [-0.2, -0.15) is 4.31 Å². The molecule has 0 aromatic heterocycles. The van der Waals surface area contributed by atoms with E-state index in [0.29, 0.717) is 50.4 Å². The van der Waals surface area contributed by atoms with E-state index < -0.39 is 10.0 Å². The molecule has 1 aliphatic rings. The molecule has 0 bridgehead atoms. The van der Waals surface area contributed by atoms with Gasteiger partial charge in [0.2, 0.25) is 15.9 Å². The van der Waals surface area contributed by atoms with Crippen LogP contribution in [0.2, 0.25) is 0 Å². The molecule has 1 fully saturated rings. The third-order valence-electron chi connectivity index (χ3n) is 5.76. The van der Waals surface area contributed by atoms with Crippen molar-refractivity contribution < 1.29 is 17.6 Å². The van der Waals surface area contributed by atoms with Crippen LogP contribution in [0.25, 0.3) is 0 Å². The van der Waals surface area contributed by atoms with Crippen LogP contribution in [0.1, 0.15) is 39.5 Å². The van der Waals surface area contributed by atoms with Crippen LogP contribution in [-0.4, -0.2) is 44.8 Å². The van der Waals surface area contributed by atoms with E-state index in [4.69, 9.17) is 0 Å². The van der Waals surface area contributed by atoms with Gasteiger partial charge >= 0.3 is 0 Å². The van der Waals surface area contributed by atoms with E-state index >= 15 is 0 Å². The summed E-state index contributed by atoms with van der Waals surface area (Å²) in [6.07, 6.45) is 2.78. The molecule has 0 atom stereocenters. The van der Waals surface area contributed by atoms with Crippen molar-refractivity contribution in [1.29, 1.82) is 0 Å². The Bertz CT molecular complexity index is 997. The van der Waals surface area contributed by atoms with Crippen molar-refractivity contribution >= 4 is 27.3 Å². The zero-order chi connectivity index (χ0) is 23.1. The fourth-order valence-electron chi connectivity index (χ4n) is 4.05. The summed E-state index contributed by atoms with van der Waals surface area (Å²) in [5.41, 5.74) is 1.14. The molecule has 0 saturated carbocycles. The van der Waals surface area contributed by atoms with Gasteiger partial charge in [-0.05, 0) is 62.1 Å². The Balaban J connectivity index is 1.59. The van der Waals surface area contributed by atoms with Gasteiger partial charge in [-0.25, -0.2) is 12.8 Å². The smallest absolute Gasteiger partial charge is 0.243 e. The van der Waals surface area contributed by atoms with Gasteiger partial charge in [-0.1, -0.05) is 26.0 Å². The summed E-state index contributed by atoms with van der Waals surface area (Å²) in [4.78, 5) is 14.9. The molecule has 1 N–H and O–H groups in total. The Morgan fingerprint density at radius 2 is 1.62 bits per heavy atom. The Morgan fingerprint density at radius 1 is 1.03 bits per heavy atom. The number of piperidine rings is 1. The zero-order valence-electron chi connectivity index (χ0n) is 18.8. The van der Waals surface area contributed by atoms with Crippen molar-refractivity contribution in [3.8, 4) is 0 Å². The maximum absolute atomic E-state index is 14.0. The molecule has 6 nitrogen and oxygen atoms in total. The van der Waals surface area contributed by atoms with Crippen LogP contribution < -0.4 is 10.2 Å². The normalized spacial score (nSPS) is 15.2. The molecule has 0 spiro atoms. The SMILES string of the molecule is CCCN(CCC)S(=O)(=O)c1ccc(NC(=O)C2CCN(c3ccccc3F)CC2)cc1. The molecule has 174 valence electrons. The van der Waals surface area contributed by atoms with Gasteiger partial charge in [-0.15, -0.1) is 0 Å². The first-order valence-electron chi connectivity index (χ1n) is 11.3. The lowest BCUT2D eigenvalue weighted by Gasteiger charge is -2.33. The second-order valence-electron chi connectivity index (χ2n) is 8.13. The molecule has 1 aliphatic heterocycles. The van der Waals surface area contributed by atoms with E-state index in [2.05, 4.69) is 5.32 Å². The van der Waals surface area contributed by atoms with Gasteiger partial charge in [0.25, 0.3) is 0 Å². The van der Waals surface area contributed by atoms with E-state index in [-0.39, 0.29) is 22.5 Å². The molecule has 0 unspecified atom stereocenters. The van der Waals surface area contributed by atoms with E-state index in [1.165, 1.54) is 10.4 Å². The predicted octanol–water partition coefficient (Wildman–Crippen LogP) is 4.49. The van der Waals surface area contributed by atoms with Crippen LogP contribution >= 0.6 is 0 Å². The lowest BCUT2D eigenvalue weighted by Crippen LogP contribution is -2.38. The molecule has 1 heterocycles. The second kappa shape index (κ2) is 10.9. The molecule has 2 aromatic carbocycles. The minimum Gasteiger partial charge on any atom is -0.369 e. The average Bonchev–Trinajstić information content (AvgIpc) is 2.80. The summed E-state index contributed by atoms with van der Waals surface area (Å²) < 4.78 is 41.3. The highest BCUT2D eigenvalue weighted by Crippen LogP contribution is 2.26. The number of carbonyl (C=O) groups is 1. The van der Waals surface area contributed by atoms with Gasteiger partial charge in [-0.3, -0.25) is 4.79 Å². The number of benzene rings is 2. The third-order valence-corrected chi connectivity index (χ3v) is 7.68. The summed E-state index contributed by atoms with van der Waals surface area (Å²) in [6.45, 7) is 6.11. The number of amides is 1. The Hall–Kier alpha value is -2.45. The fourth-order valence-corrected chi connectivity index (χ4v) is 5.67. The average molecular weight is 462 g/mol. The third kappa shape index (κ3) is 5.66. The minimum absolute atomic E-state index is 0.0904. The Labute approximate surface area is 190 Å². The van der Waals surface area contributed by atoms with Gasteiger partial charge < -0.3 is 10.2 Å². The Kier molecular flexibility index (Phi) is 8.26. The molecular formula is C24H32FN3O3S. The first kappa shape index (κ1) is 24.2. The number of hydrogen-bond acceptors (Lipinski definition) is 4. The van der Waals surface area contributed by atoms with Gasteiger partial charge in [0.1, 0.15) is 5.82 Å². The lowest BCUT2D eigenvalue weighted by molar-refractivity contribution is -0.120. The lowest BCUT2D eigenvalue weighted by atomic mass is 9.95. The van der Waals surface area contributed by atoms with E-state index in [9.17, 15) is 17.6 Å². The maximum Gasteiger partial charge on any atom is 0.243 e. The van der Waals surface area contributed by atoms with Crippen molar-refractivity contribution in [2.45, 2.75) is 44.4 Å². The second-order valence-corrected chi connectivity index (χ2v) is 10.1. The molecule has 3 rings (SSSR count). The number of halogens is 1. The first-order valence-corrected chi connectivity index (χ1v) is 12.7. The molecule has 1 amide bonds. The predicted molar refractivity (Wildman–Crippen MR) is 126 cm³/mol. The Morgan fingerprint density at radius 3 is 2.19 bits per heavy atom. The van der Waals surface area contributed by atoms with Crippen molar-refractivity contribution in [3.05, 3.63) is 54.3 Å². The number of hydrogen-bond donors (Lipinski definition) is 1. The zero-order valence-corrected chi connectivity index (χ0v) is 19.6. The highest BCUT2D eigenvalue weighted by Gasteiger charge is 2.27. The summed E-state index contributed by atoms with van der Waals surface area (Å²) >= 11 is 0. The van der Waals surface area contributed by atoms with E-state index in [1.54, 1.807) is 36.4 Å². The van der Waals surface area contributed by atoms with E-state index in [1.807, 2.05) is 24.8 Å². The summed E-state index contributed by atoms with van der Waals surface area (Å²) in [5, 5.41) is 2.90. The fraction of sp³-hybridized carbons (Fsp3) is 0.458. The largest absolute Gasteiger partial charge is 0.369 e. The molecule has 8 heteroatoms. The van der Waals surface area contributed by atoms with Crippen LogP contribution in [0.5, 0.6) is 0 Å². The van der Waals surface area contributed by atoms with Crippen LogP contribution in [-0.2, 0) is 14.8 Å². The number of carbonyl (C=O) groups excluding carboxylic acids is 1. The minimum atomic E-state index is -3.54. The number of anilines is 2. The molecule has 32 heavy (non-hydrogen) atoms. The monoisotopic (exact) mass is 461 g/mol. The molecule has 0 aliphatic carbocycles. The molecule has 1 saturated heterocycles. The van der Waals surface area contributed by atoms with Crippen molar-refractivity contribution in [2.24, 2.45) is 5.92 Å². The number of para-hydroxylation sites is 1. The number of sulfonamides is 1. The van der Waals surface area contributed by atoms with Crippen molar-refractivity contribution in [2.75, 3.05) is 36.4 Å². The van der Waals surface area contributed by atoms with Crippen LogP contribution in [0.15, 0.2) is 53.4 Å². The number of nitrogens with one attached hydrogen (secondary N) is 1. The summed E-state index contributed by atoms with van der Waals surface area (Å²) in [7, 11) is -3.54. The van der Waals surface area contributed by atoms with Crippen LogP contribution in [0, 0.1) is 11.7 Å². The van der Waals surface area contributed by atoms with Gasteiger partial charge in [0.15, 0.2) is 0 Å². The molecule has 0 radical (unpaired) electrons.